The number of hydrogen-bond acceptors (Lipinski definition) is 3. The molecule has 0 amide bonds. The summed E-state index contributed by atoms with van der Waals surface area (Å²) in [7, 11) is -2.94. The number of fused-ring (bicyclic) bond motifs is 1. The second-order valence-corrected chi connectivity index (χ2v) is 8.19. The first-order valence-corrected chi connectivity index (χ1v) is 8.75. The molecule has 19 heavy (non-hydrogen) atoms. The molecular formula is C15H23NO2S. The van der Waals surface area contributed by atoms with E-state index in [2.05, 4.69) is 29.6 Å². The van der Waals surface area contributed by atoms with E-state index in [0.29, 0.717) is 12.6 Å². The van der Waals surface area contributed by atoms with E-state index >= 15 is 0 Å². The zero-order valence-electron chi connectivity index (χ0n) is 11.7. The lowest BCUT2D eigenvalue weighted by Gasteiger charge is -2.26. The Morgan fingerprint density at radius 3 is 2.79 bits per heavy atom. The zero-order chi connectivity index (χ0) is 13.9. The lowest BCUT2D eigenvalue weighted by molar-refractivity contribution is 0.470. The molecule has 0 fully saturated rings. The van der Waals surface area contributed by atoms with Gasteiger partial charge < -0.3 is 5.32 Å². The standard InChI is InChI=1S/C15H23NO2S/c1-12(2)19(17,18)11-10-16-15-9-5-7-13-6-3-4-8-14(13)15/h3-4,6,8,12,15-16H,5,7,9-11H2,1-2H3. The molecule has 2 rings (SSSR count). The quantitative estimate of drug-likeness (QED) is 0.902. The predicted octanol–water partition coefficient (Wildman–Crippen LogP) is 2.48. The molecule has 0 saturated heterocycles. The van der Waals surface area contributed by atoms with Crippen LogP contribution in [0.1, 0.15) is 43.9 Å². The van der Waals surface area contributed by atoms with Crippen molar-refractivity contribution >= 4 is 9.84 Å². The van der Waals surface area contributed by atoms with Crippen molar-refractivity contribution in [2.24, 2.45) is 0 Å². The molecule has 0 aromatic heterocycles. The van der Waals surface area contributed by atoms with E-state index in [1.165, 1.54) is 17.5 Å². The molecule has 1 aromatic carbocycles. The van der Waals surface area contributed by atoms with Crippen molar-refractivity contribution < 1.29 is 8.42 Å². The number of nitrogens with one attached hydrogen (secondary N) is 1. The van der Waals surface area contributed by atoms with Crippen molar-refractivity contribution in [1.82, 2.24) is 5.32 Å². The van der Waals surface area contributed by atoms with Crippen molar-refractivity contribution in [3.05, 3.63) is 35.4 Å². The minimum atomic E-state index is -2.94. The molecule has 4 heteroatoms. The lowest BCUT2D eigenvalue weighted by atomic mass is 9.88. The van der Waals surface area contributed by atoms with E-state index in [1.54, 1.807) is 13.8 Å². The van der Waals surface area contributed by atoms with Gasteiger partial charge in [0.15, 0.2) is 9.84 Å². The Bertz CT molecular complexity index is 523. The smallest absolute Gasteiger partial charge is 0.153 e. The van der Waals surface area contributed by atoms with Crippen molar-refractivity contribution in [1.29, 1.82) is 0 Å². The fraction of sp³-hybridized carbons (Fsp3) is 0.600. The first kappa shape index (κ1) is 14.5. The molecule has 1 aromatic rings. The maximum atomic E-state index is 11.8. The fourth-order valence-corrected chi connectivity index (χ4v) is 3.45. The van der Waals surface area contributed by atoms with Crippen LogP contribution in [0.25, 0.3) is 0 Å². The van der Waals surface area contributed by atoms with Crippen LogP contribution in [0.15, 0.2) is 24.3 Å². The van der Waals surface area contributed by atoms with Crippen LogP contribution in [-0.4, -0.2) is 26.0 Å². The highest BCUT2D eigenvalue weighted by atomic mass is 32.2. The molecule has 1 atom stereocenters. The molecule has 0 spiro atoms. The van der Waals surface area contributed by atoms with Gasteiger partial charge in [-0.15, -0.1) is 0 Å². The summed E-state index contributed by atoms with van der Waals surface area (Å²) < 4.78 is 23.6. The minimum absolute atomic E-state index is 0.226. The van der Waals surface area contributed by atoms with Gasteiger partial charge in [0, 0.05) is 12.6 Å². The Labute approximate surface area is 116 Å². The third-order valence-corrected chi connectivity index (χ3v) is 6.07. The highest BCUT2D eigenvalue weighted by Crippen LogP contribution is 2.29. The van der Waals surface area contributed by atoms with Gasteiger partial charge in [-0.3, -0.25) is 0 Å². The molecule has 3 nitrogen and oxygen atoms in total. The van der Waals surface area contributed by atoms with E-state index < -0.39 is 9.84 Å². The summed E-state index contributed by atoms with van der Waals surface area (Å²) in [5.41, 5.74) is 2.74. The summed E-state index contributed by atoms with van der Waals surface area (Å²) in [6, 6.07) is 8.78. The van der Waals surface area contributed by atoms with E-state index in [9.17, 15) is 8.42 Å². The fourth-order valence-electron chi connectivity index (χ4n) is 2.58. The Hall–Kier alpha value is -0.870. The van der Waals surface area contributed by atoms with Crippen LogP contribution in [0, 0.1) is 0 Å². The number of benzene rings is 1. The number of rotatable bonds is 5. The van der Waals surface area contributed by atoms with Crippen LogP contribution >= 0.6 is 0 Å². The molecule has 1 N–H and O–H groups in total. The molecule has 106 valence electrons. The van der Waals surface area contributed by atoms with E-state index in [-0.39, 0.29) is 11.0 Å². The summed E-state index contributed by atoms with van der Waals surface area (Å²) >= 11 is 0. The molecule has 1 aliphatic carbocycles. The van der Waals surface area contributed by atoms with Gasteiger partial charge in [-0.25, -0.2) is 8.42 Å². The largest absolute Gasteiger partial charge is 0.309 e. The Morgan fingerprint density at radius 1 is 1.32 bits per heavy atom. The van der Waals surface area contributed by atoms with Crippen molar-refractivity contribution in [3.63, 3.8) is 0 Å². The molecule has 0 aliphatic heterocycles. The molecule has 0 bridgehead atoms. The second-order valence-electron chi connectivity index (χ2n) is 5.51. The monoisotopic (exact) mass is 281 g/mol. The lowest BCUT2D eigenvalue weighted by Crippen LogP contribution is -2.31. The normalized spacial score (nSPS) is 19.4. The topological polar surface area (TPSA) is 46.2 Å². The van der Waals surface area contributed by atoms with E-state index in [1.807, 2.05) is 0 Å². The van der Waals surface area contributed by atoms with Crippen LogP contribution in [0.5, 0.6) is 0 Å². The summed E-state index contributed by atoms with van der Waals surface area (Å²) in [5.74, 6) is 0.226. The Morgan fingerprint density at radius 2 is 2.05 bits per heavy atom. The first-order valence-electron chi connectivity index (χ1n) is 7.03. The van der Waals surface area contributed by atoms with Gasteiger partial charge in [0.25, 0.3) is 0 Å². The second kappa shape index (κ2) is 6.06. The summed E-state index contributed by atoms with van der Waals surface area (Å²) in [4.78, 5) is 0. The first-order chi connectivity index (χ1) is 9.00. The summed E-state index contributed by atoms with van der Waals surface area (Å²) in [6.07, 6.45) is 3.41. The summed E-state index contributed by atoms with van der Waals surface area (Å²) in [6.45, 7) is 4.02. The highest BCUT2D eigenvalue weighted by Gasteiger charge is 2.21. The zero-order valence-corrected chi connectivity index (χ0v) is 12.5. The van der Waals surface area contributed by atoms with Crippen LogP contribution in [0.2, 0.25) is 0 Å². The Balaban J connectivity index is 1.95. The van der Waals surface area contributed by atoms with Crippen LogP contribution < -0.4 is 5.32 Å². The van der Waals surface area contributed by atoms with Crippen molar-refractivity contribution in [2.75, 3.05) is 12.3 Å². The minimum Gasteiger partial charge on any atom is -0.309 e. The van der Waals surface area contributed by atoms with Gasteiger partial charge >= 0.3 is 0 Å². The Kier molecular flexibility index (Phi) is 4.63. The molecule has 1 unspecified atom stereocenters. The van der Waals surface area contributed by atoms with Gasteiger partial charge in [-0.05, 0) is 44.2 Å². The molecule has 1 aliphatic rings. The summed E-state index contributed by atoms with van der Waals surface area (Å²) in [5, 5.41) is 3.13. The van der Waals surface area contributed by atoms with Gasteiger partial charge in [0.2, 0.25) is 0 Å². The number of aryl methyl sites for hydroxylation is 1. The van der Waals surface area contributed by atoms with Crippen LogP contribution in [-0.2, 0) is 16.3 Å². The van der Waals surface area contributed by atoms with Gasteiger partial charge in [-0.2, -0.15) is 0 Å². The molecule has 0 saturated carbocycles. The highest BCUT2D eigenvalue weighted by molar-refractivity contribution is 7.92. The van der Waals surface area contributed by atoms with Crippen molar-refractivity contribution in [3.8, 4) is 0 Å². The average molecular weight is 281 g/mol. The van der Waals surface area contributed by atoms with Gasteiger partial charge in [0.05, 0.1) is 11.0 Å². The van der Waals surface area contributed by atoms with Crippen LogP contribution in [0.3, 0.4) is 0 Å². The van der Waals surface area contributed by atoms with Crippen molar-refractivity contribution in [2.45, 2.75) is 44.4 Å². The van der Waals surface area contributed by atoms with Gasteiger partial charge in [-0.1, -0.05) is 24.3 Å². The third-order valence-electron chi connectivity index (χ3n) is 3.86. The SMILES string of the molecule is CC(C)S(=O)(=O)CCNC1CCCc2ccccc21. The number of hydrogen-bond donors (Lipinski definition) is 1. The van der Waals surface area contributed by atoms with E-state index in [4.69, 9.17) is 0 Å². The number of sulfone groups is 1. The molecule has 0 heterocycles. The van der Waals surface area contributed by atoms with E-state index in [0.717, 1.165) is 12.8 Å². The molecular weight excluding hydrogens is 258 g/mol. The predicted molar refractivity (Wildman–Crippen MR) is 79.0 cm³/mol. The molecule has 0 radical (unpaired) electrons. The third kappa shape index (κ3) is 3.57. The average Bonchev–Trinajstić information content (AvgIpc) is 2.38. The van der Waals surface area contributed by atoms with Crippen LogP contribution in [0.4, 0.5) is 0 Å². The van der Waals surface area contributed by atoms with Gasteiger partial charge in [0.1, 0.15) is 0 Å². The maximum Gasteiger partial charge on any atom is 0.153 e. The maximum absolute atomic E-state index is 11.8.